The minimum atomic E-state index is -0.638. The first-order valence-corrected chi connectivity index (χ1v) is 7.69. The van der Waals surface area contributed by atoms with Crippen LogP contribution >= 0.6 is 22.7 Å². The third-order valence-electron chi connectivity index (χ3n) is 2.86. The molecule has 0 bridgehead atoms. The predicted molar refractivity (Wildman–Crippen MR) is 80.7 cm³/mol. The minimum absolute atomic E-state index is 0.638. The van der Waals surface area contributed by atoms with Crippen LogP contribution in [0.5, 0.6) is 0 Å². The summed E-state index contributed by atoms with van der Waals surface area (Å²) >= 11 is 3.23. The molecule has 19 heavy (non-hydrogen) atoms. The van der Waals surface area contributed by atoms with Gasteiger partial charge in [-0.05, 0) is 24.6 Å². The third-order valence-corrected chi connectivity index (χ3v) is 4.78. The monoisotopic (exact) mass is 287 g/mol. The molecule has 0 saturated heterocycles. The smallest absolute Gasteiger partial charge is 0.131 e. The highest BCUT2D eigenvalue weighted by Crippen LogP contribution is 2.32. The fourth-order valence-corrected chi connectivity index (χ4v) is 3.61. The number of hydrogen-bond acceptors (Lipinski definition) is 4. The molecule has 3 rings (SSSR count). The molecule has 0 saturated carbocycles. The van der Waals surface area contributed by atoms with E-state index < -0.39 is 6.10 Å². The molecule has 0 radical (unpaired) electrons. The van der Waals surface area contributed by atoms with Crippen molar-refractivity contribution in [3.63, 3.8) is 0 Å². The molecule has 0 aliphatic rings. The first-order chi connectivity index (χ1) is 9.24. The molecular formula is C15H13NOS2. The van der Waals surface area contributed by atoms with Crippen LogP contribution < -0.4 is 0 Å². The molecule has 0 aliphatic heterocycles. The average molecular weight is 287 g/mol. The molecule has 0 aliphatic carbocycles. The summed E-state index contributed by atoms with van der Waals surface area (Å²) < 4.78 is 0. The number of nitrogens with zero attached hydrogens (tertiary/aromatic N) is 1. The topological polar surface area (TPSA) is 33.1 Å². The van der Waals surface area contributed by atoms with Gasteiger partial charge in [0.25, 0.3) is 0 Å². The van der Waals surface area contributed by atoms with Crippen LogP contribution in [-0.4, -0.2) is 10.1 Å². The van der Waals surface area contributed by atoms with Crippen molar-refractivity contribution in [2.75, 3.05) is 0 Å². The van der Waals surface area contributed by atoms with E-state index in [0.29, 0.717) is 0 Å². The maximum Gasteiger partial charge on any atom is 0.131 e. The van der Waals surface area contributed by atoms with E-state index in [4.69, 9.17) is 0 Å². The van der Waals surface area contributed by atoms with Crippen molar-refractivity contribution < 1.29 is 5.11 Å². The maximum atomic E-state index is 10.3. The second-order valence-electron chi connectivity index (χ2n) is 4.29. The van der Waals surface area contributed by atoms with Crippen molar-refractivity contribution in [2.24, 2.45) is 0 Å². The normalized spacial score (nSPS) is 12.5. The predicted octanol–water partition coefficient (Wildman–Crippen LogP) is 4.26. The molecule has 0 fully saturated rings. The number of benzene rings is 1. The van der Waals surface area contributed by atoms with Crippen molar-refractivity contribution in [1.82, 2.24) is 4.98 Å². The Bertz CT molecular complexity index is 672. The van der Waals surface area contributed by atoms with E-state index in [0.717, 1.165) is 21.1 Å². The van der Waals surface area contributed by atoms with E-state index in [-0.39, 0.29) is 0 Å². The van der Waals surface area contributed by atoms with Gasteiger partial charge in [0.15, 0.2) is 0 Å². The summed E-state index contributed by atoms with van der Waals surface area (Å²) in [5.74, 6) is 0. The Morgan fingerprint density at radius 3 is 2.58 bits per heavy atom. The highest BCUT2D eigenvalue weighted by Gasteiger charge is 2.15. The van der Waals surface area contributed by atoms with Gasteiger partial charge in [-0.1, -0.05) is 30.3 Å². The van der Waals surface area contributed by atoms with Gasteiger partial charge in [-0.15, -0.1) is 22.7 Å². The Morgan fingerprint density at radius 2 is 1.89 bits per heavy atom. The molecule has 1 aromatic carbocycles. The van der Waals surface area contributed by atoms with E-state index in [1.54, 1.807) is 11.3 Å². The van der Waals surface area contributed by atoms with Crippen LogP contribution in [0.25, 0.3) is 10.6 Å². The van der Waals surface area contributed by atoms with Crippen LogP contribution in [0.1, 0.15) is 21.6 Å². The quantitative estimate of drug-likeness (QED) is 0.780. The van der Waals surface area contributed by atoms with Gasteiger partial charge in [-0.2, -0.15) is 0 Å². The number of aliphatic hydroxyl groups is 1. The van der Waals surface area contributed by atoms with Gasteiger partial charge >= 0.3 is 0 Å². The lowest BCUT2D eigenvalue weighted by Gasteiger charge is -2.06. The molecule has 96 valence electrons. The number of rotatable bonds is 3. The van der Waals surface area contributed by atoms with E-state index in [2.05, 4.69) is 24.0 Å². The number of thiophene rings is 1. The van der Waals surface area contributed by atoms with Crippen LogP contribution in [0, 0.1) is 6.92 Å². The Balaban J connectivity index is 1.89. The average Bonchev–Trinajstić information content (AvgIpc) is 3.07. The molecule has 1 atom stereocenters. The van der Waals surface area contributed by atoms with Crippen LogP contribution in [0.4, 0.5) is 0 Å². The first kappa shape index (κ1) is 12.5. The van der Waals surface area contributed by atoms with Gasteiger partial charge in [-0.3, -0.25) is 0 Å². The Labute approximate surface area is 120 Å². The van der Waals surface area contributed by atoms with Crippen molar-refractivity contribution in [3.8, 4) is 10.6 Å². The van der Waals surface area contributed by atoms with Crippen LogP contribution in [0.3, 0.4) is 0 Å². The minimum Gasteiger partial charge on any atom is -0.381 e. The molecule has 1 unspecified atom stereocenters. The molecule has 3 aromatic rings. The lowest BCUT2D eigenvalue weighted by Crippen LogP contribution is -1.98. The molecule has 2 nitrogen and oxygen atoms in total. The summed E-state index contributed by atoms with van der Waals surface area (Å²) in [6.45, 7) is 2.08. The Hall–Kier alpha value is -1.49. The second-order valence-corrected chi connectivity index (χ2v) is 6.47. The Kier molecular flexibility index (Phi) is 3.46. The van der Waals surface area contributed by atoms with Crippen LogP contribution in [-0.2, 0) is 0 Å². The van der Waals surface area contributed by atoms with Gasteiger partial charge in [0.05, 0.1) is 10.6 Å². The van der Waals surface area contributed by atoms with Crippen molar-refractivity contribution in [3.05, 3.63) is 63.3 Å². The van der Waals surface area contributed by atoms with Crippen molar-refractivity contribution in [1.29, 1.82) is 0 Å². The molecule has 2 aromatic heterocycles. The maximum absolute atomic E-state index is 10.3. The zero-order valence-electron chi connectivity index (χ0n) is 10.4. The second kappa shape index (κ2) is 5.25. The highest BCUT2D eigenvalue weighted by molar-refractivity contribution is 7.16. The summed E-state index contributed by atoms with van der Waals surface area (Å²) in [7, 11) is 0. The standard InChI is InChI=1S/C15H13NOS2/c1-10-7-8-13(19-10)12-9-18-15(16-12)14(17)11-5-3-2-4-6-11/h2-9,14,17H,1H3. The lowest BCUT2D eigenvalue weighted by atomic mass is 10.1. The van der Waals surface area contributed by atoms with E-state index in [1.165, 1.54) is 16.2 Å². The first-order valence-electron chi connectivity index (χ1n) is 5.99. The number of aryl methyl sites for hydroxylation is 1. The third kappa shape index (κ3) is 2.61. The molecular weight excluding hydrogens is 274 g/mol. The molecule has 0 amide bonds. The summed E-state index contributed by atoms with van der Waals surface area (Å²) in [5, 5.41) is 13.1. The van der Waals surface area contributed by atoms with Gasteiger partial charge in [0, 0.05) is 10.3 Å². The zero-order chi connectivity index (χ0) is 13.2. The van der Waals surface area contributed by atoms with Crippen molar-refractivity contribution in [2.45, 2.75) is 13.0 Å². The molecule has 1 N–H and O–H groups in total. The Morgan fingerprint density at radius 1 is 1.11 bits per heavy atom. The molecule has 2 heterocycles. The van der Waals surface area contributed by atoms with E-state index >= 15 is 0 Å². The summed E-state index contributed by atoms with van der Waals surface area (Å²) in [6.07, 6.45) is -0.638. The number of hydrogen-bond donors (Lipinski definition) is 1. The van der Waals surface area contributed by atoms with Crippen molar-refractivity contribution >= 4 is 22.7 Å². The number of aromatic nitrogens is 1. The fraction of sp³-hybridized carbons (Fsp3) is 0.133. The summed E-state index contributed by atoms with van der Waals surface area (Å²) in [4.78, 5) is 6.97. The largest absolute Gasteiger partial charge is 0.381 e. The van der Waals surface area contributed by atoms with E-state index in [9.17, 15) is 5.11 Å². The van der Waals surface area contributed by atoms with Gasteiger partial charge in [0.2, 0.25) is 0 Å². The molecule has 0 spiro atoms. The summed E-state index contributed by atoms with van der Waals surface area (Å²) in [6, 6.07) is 13.8. The summed E-state index contributed by atoms with van der Waals surface area (Å²) in [5.41, 5.74) is 1.83. The van der Waals surface area contributed by atoms with Crippen LogP contribution in [0.15, 0.2) is 47.8 Å². The number of aliphatic hydroxyl groups excluding tert-OH is 1. The fourth-order valence-electron chi connectivity index (χ4n) is 1.88. The van der Waals surface area contributed by atoms with Gasteiger partial charge < -0.3 is 5.11 Å². The van der Waals surface area contributed by atoms with Gasteiger partial charge in [0.1, 0.15) is 11.1 Å². The SMILES string of the molecule is Cc1ccc(-c2csc(C(O)c3ccccc3)n2)s1. The highest BCUT2D eigenvalue weighted by atomic mass is 32.1. The number of thiazole rings is 1. The van der Waals surface area contributed by atoms with Gasteiger partial charge in [-0.25, -0.2) is 4.98 Å². The van der Waals surface area contributed by atoms with Crippen LogP contribution in [0.2, 0.25) is 0 Å². The molecule has 4 heteroatoms. The lowest BCUT2D eigenvalue weighted by molar-refractivity contribution is 0.220. The van der Waals surface area contributed by atoms with E-state index in [1.807, 2.05) is 35.7 Å². The zero-order valence-corrected chi connectivity index (χ0v) is 12.0.